The van der Waals surface area contributed by atoms with Crippen LogP contribution in [0.3, 0.4) is 0 Å². The number of hydrogen-bond donors (Lipinski definition) is 2. The third-order valence-corrected chi connectivity index (χ3v) is 8.56. The fourth-order valence-corrected chi connectivity index (χ4v) is 6.84. The number of ketones is 1. The van der Waals surface area contributed by atoms with Crippen molar-refractivity contribution in [1.29, 1.82) is 0 Å². The Labute approximate surface area is 219 Å². The van der Waals surface area contributed by atoms with Gasteiger partial charge in [-0.3, -0.25) is 9.35 Å². The molecule has 4 aromatic rings. The molecule has 6 rings (SSSR count). The molecule has 2 aliphatic rings. The predicted octanol–water partition coefficient (Wildman–Crippen LogP) is 2.74. The van der Waals surface area contributed by atoms with E-state index in [-0.39, 0.29) is 11.5 Å². The van der Waals surface area contributed by atoms with E-state index < -0.39 is 27.2 Å². The summed E-state index contributed by atoms with van der Waals surface area (Å²) in [5.41, 5.74) is 2.32. The molecule has 1 aromatic heterocycles. The lowest BCUT2D eigenvalue weighted by Crippen LogP contribution is -2.40. The van der Waals surface area contributed by atoms with E-state index in [2.05, 4.69) is 15.2 Å². The average Bonchev–Trinajstić information content (AvgIpc) is 2.90. The summed E-state index contributed by atoms with van der Waals surface area (Å²) in [6.45, 7) is 3.53. The summed E-state index contributed by atoms with van der Waals surface area (Å²) >= 11 is 0. The molecule has 0 radical (unpaired) electrons. The van der Waals surface area contributed by atoms with Crippen molar-refractivity contribution >= 4 is 27.6 Å². The standard InChI is InChI=1S/C26H22O5S.C3H3N3/c1-14-13-17-9-12-21-19-5-3-4-6-20(19)23(16-7-10-18(27)11-8-16)25(28)24(21)22(17)15(2)26(14)32(29,30)31;1-2-5-6-3-4-1/h3-15,26-27H,1-2H3,(H,29,30,31);1-3H. The molecule has 0 saturated carbocycles. The number of benzene rings is 3. The summed E-state index contributed by atoms with van der Waals surface area (Å²) in [5, 5.41) is 18.9. The molecule has 3 aromatic carbocycles. The van der Waals surface area contributed by atoms with Crippen LogP contribution in [0.5, 0.6) is 5.75 Å². The predicted molar refractivity (Wildman–Crippen MR) is 142 cm³/mol. The molecule has 0 saturated heterocycles. The number of carbonyl (C=O) groups excluding carboxylic acids is 1. The number of nitrogens with zero attached hydrogens (tertiary/aromatic N) is 3. The molecule has 0 amide bonds. The van der Waals surface area contributed by atoms with Gasteiger partial charge in [0.15, 0.2) is 5.78 Å². The van der Waals surface area contributed by atoms with Crippen LogP contribution >= 0.6 is 0 Å². The van der Waals surface area contributed by atoms with Crippen molar-refractivity contribution in [2.75, 3.05) is 0 Å². The zero-order chi connectivity index (χ0) is 27.0. The van der Waals surface area contributed by atoms with Gasteiger partial charge >= 0.3 is 0 Å². The number of phenols is 1. The van der Waals surface area contributed by atoms with Crippen LogP contribution in [0.25, 0.3) is 11.6 Å². The van der Waals surface area contributed by atoms with Crippen LogP contribution in [0.15, 0.2) is 79.4 Å². The Balaban J connectivity index is 0.000000433. The Hall–Kier alpha value is -4.21. The van der Waals surface area contributed by atoms with E-state index in [0.29, 0.717) is 22.3 Å². The van der Waals surface area contributed by atoms with Crippen molar-refractivity contribution in [1.82, 2.24) is 15.2 Å². The van der Waals surface area contributed by atoms with Crippen molar-refractivity contribution in [2.45, 2.75) is 25.0 Å². The minimum absolute atomic E-state index is 0.108. The number of hydrogen-bond acceptors (Lipinski definition) is 7. The average molecular weight is 528 g/mol. The van der Waals surface area contributed by atoms with Crippen molar-refractivity contribution < 1.29 is 22.9 Å². The quantitative estimate of drug-likeness (QED) is 0.381. The fraction of sp³-hybridized carbons (Fsp3) is 0.172. The van der Waals surface area contributed by atoms with E-state index in [1.165, 1.54) is 12.5 Å². The van der Waals surface area contributed by atoms with Crippen LogP contribution in [0, 0.1) is 16.4 Å². The fourth-order valence-electron chi connectivity index (χ4n) is 5.57. The summed E-state index contributed by atoms with van der Waals surface area (Å²) in [6.07, 6.45) is 6.31. The second-order valence-corrected chi connectivity index (χ2v) is 10.9. The lowest BCUT2D eigenvalue weighted by Gasteiger charge is -2.32. The van der Waals surface area contributed by atoms with E-state index in [1.54, 1.807) is 44.3 Å². The molecular formula is C29H25N3O5S. The largest absolute Gasteiger partial charge is 0.508 e. The minimum atomic E-state index is -4.32. The van der Waals surface area contributed by atoms with Crippen molar-refractivity contribution in [3.63, 3.8) is 0 Å². The van der Waals surface area contributed by atoms with Gasteiger partial charge in [0, 0.05) is 23.3 Å². The van der Waals surface area contributed by atoms with Gasteiger partial charge in [-0.05, 0) is 50.1 Å². The highest BCUT2D eigenvalue weighted by Crippen LogP contribution is 2.36. The van der Waals surface area contributed by atoms with Crippen LogP contribution in [0.4, 0.5) is 0 Å². The first-order valence-corrected chi connectivity index (χ1v) is 13.5. The maximum atomic E-state index is 14.0. The molecule has 0 bridgehead atoms. The Morgan fingerprint density at radius 1 is 0.842 bits per heavy atom. The smallest absolute Gasteiger partial charge is 0.268 e. The van der Waals surface area contributed by atoms with E-state index in [0.717, 1.165) is 20.9 Å². The summed E-state index contributed by atoms with van der Waals surface area (Å²) in [6, 6.07) is 18.0. The highest BCUT2D eigenvalue weighted by Gasteiger charge is 2.40. The molecule has 2 aliphatic carbocycles. The van der Waals surface area contributed by atoms with Crippen molar-refractivity contribution in [2.24, 2.45) is 5.92 Å². The zero-order valence-electron chi connectivity index (χ0n) is 20.7. The molecule has 8 nitrogen and oxygen atoms in total. The number of aromatic hydroxyl groups is 1. The molecule has 0 aliphatic heterocycles. The van der Waals surface area contributed by atoms with Gasteiger partial charge in [0.25, 0.3) is 10.1 Å². The normalized spacial score (nSPS) is 19.7. The number of Topliss-reactive ketones (excluding diaryl/α,β-unsaturated/α-hetero) is 1. The van der Waals surface area contributed by atoms with Crippen LogP contribution in [0.2, 0.25) is 0 Å². The van der Waals surface area contributed by atoms with Gasteiger partial charge in [0.05, 0.1) is 11.4 Å². The molecule has 2 N–H and O–H groups in total. The third-order valence-electron chi connectivity index (χ3n) is 7.03. The molecule has 192 valence electrons. The maximum absolute atomic E-state index is 14.0. The Morgan fingerprint density at radius 2 is 1.55 bits per heavy atom. The van der Waals surface area contributed by atoms with E-state index in [9.17, 15) is 22.9 Å². The van der Waals surface area contributed by atoms with Crippen molar-refractivity contribution in [3.8, 4) is 5.75 Å². The molecular weight excluding hydrogens is 502 g/mol. The van der Waals surface area contributed by atoms with Crippen LogP contribution in [0.1, 0.15) is 41.3 Å². The van der Waals surface area contributed by atoms with Crippen LogP contribution < -0.4 is 10.4 Å². The third kappa shape index (κ3) is 4.51. The first kappa shape index (κ1) is 25.4. The second kappa shape index (κ2) is 9.92. The lowest BCUT2D eigenvalue weighted by molar-refractivity contribution is 0.105. The van der Waals surface area contributed by atoms with Gasteiger partial charge in [0.2, 0.25) is 0 Å². The van der Waals surface area contributed by atoms with Crippen LogP contribution in [-0.4, -0.2) is 44.3 Å². The highest BCUT2D eigenvalue weighted by molar-refractivity contribution is 7.86. The van der Waals surface area contributed by atoms with Gasteiger partial charge in [0.1, 0.15) is 12.1 Å². The first-order chi connectivity index (χ1) is 18.2. The van der Waals surface area contributed by atoms with E-state index >= 15 is 0 Å². The number of fused-ring (bicyclic) bond motifs is 4. The molecule has 3 atom stereocenters. The maximum Gasteiger partial charge on any atom is 0.268 e. The molecule has 0 fully saturated rings. The number of aromatic nitrogens is 3. The second-order valence-electron chi connectivity index (χ2n) is 9.38. The minimum Gasteiger partial charge on any atom is -0.508 e. The Morgan fingerprint density at radius 3 is 2.13 bits per heavy atom. The van der Waals surface area contributed by atoms with Gasteiger partial charge in [-0.25, -0.2) is 4.98 Å². The number of rotatable bonds is 2. The summed E-state index contributed by atoms with van der Waals surface area (Å²) in [4.78, 5) is 17.6. The monoisotopic (exact) mass is 527 g/mol. The van der Waals surface area contributed by atoms with Crippen LogP contribution in [-0.2, 0) is 10.1 Å². The molecule has 1 heterocycles. The number of carbonyl (C=O) groups is 1. The van der Waals surface area contributed by atoms with Crippen molar-refractivity contribution in [3.05, 3.63) is 117 Å². The van der Waals surface area contributed by atoms with Gasteiger partial charge in [-0.15, -0.1) is 5.10 Å². The number of phenolic OH excluding ortho intramolecular Hbond substituents is 1. The lowest BCUT2D eigenvalue weighted by atomic mass is 9.77. The highest BCUT2D eigenvalue weighted by atomic mass is 32.2. The summed E-state index contributed by atoms with van der Waals surface area (Å²) in [5.74, 6) is -1.04. The summed E-state index contributed by atoms with van der Waals surface area (Å²) < 4.78 is 34.3. The topological polar surface area (TPSA) is 130 Å². The summed E-state index contributed by atoms with van der Waals surface area (Å²) in [7, 11) is -4.32. The molecule has 3 unspecified atom stereocenters. The Kier molecular flexibility index (Phi) is 6.64. The van der Waals surface area contributed by atoms with E-state index in [4.69, 9.17) is 0 Å². The molecule has 0 spiro atoms. The molecule has 9 heteroatoms. The van der Waals surface area contributed by atoms with Gasteiger partial charge in [-0.2, -0.15) is 13.5 Å². The zero-order valence-corrected chi connectivity index (χ0v) is 21.5. The van der Waals surface area contributed by atoms with Gasteiger partial charge < -0.3 is 5.11 Å². The first-order valence-electron chi connectivity index (χ1n) is 12.0. The van der Waals surface area contributed by atoms with Gasteiger partial charge in [-0.1, -0.05) is 68.5 Å². The molecule has 38 heavy (non-hydrogen) atoms. The Bertz CT molecular complexity index is 1830. The van der Waals surface area contributed by atoms with E-state index in [1.807, 2.05) is 42.5 Å². The SMILES string of the molecule is CC1C=c2ccc3c(c2C(C)C1S(=O)(=O)O)C(=O)C(c1ccc(O)cc1)=c1ccccc1=3.c1cnncn1.